The lowest BCUT2D eigenvalue weighted by atomic mass is 10.1. The Bertz CT molecular complexity index is 703. The van der Waals surface area contributed by atoms with E-state index in [1.54, 1.807) is 12.1 Å². The zero-order chi connectivity index (χ0) is 13.3. The summed E-state index contributed by atoms with van der Waals surface area (Å²) in [5.74, 6) is -1.89. The molecular weight excluding hydrogens is 236 g/mol. The highest BCUT2D eigenvalue weighted by Gasteiger charge is 2.09. The maximum absolute atomic E-state index is 12.0. The van der Waals surface area contributed by atoms with Gasteiger partial charge in [0.15, 0.2) is 0 Å². The van der Waals surface area contributed by atoms with Crippen molar-refractivity contribution in [3.63, 3.8) is 0 Å². The van der Waals surface area contributed by atoms with Gasteiger partial charge in [-0.3, -0.25) is 15.0 Å². The molecule has 2 rings (SSSR count). The number of carbonyl (C=O) groups excluding carboxylic acids is 2. The van der Waals surface area contributed by atoms with Gasteiger partial charge in [-0.15, -0.1) is 0 Å². The number of rotatable bonds is 2. The number of carboxylic acid groups (broad SMARTS) is 1. The van der Waals surface area contributed by atoms with E-state index in [2.05, 4.69) is 5.43 Å². The lowest BCUT2D eigenvalue weighted by Crippen LogP contribution is -2.34. The summed E-state index contributed by atoms with van der Waals surface area (Å²) in [6, 6.07) is 6.24. The number of pyridine rings is 1. The Morgan fingerprint density at radius 2 is 1.83 bits per heavy atom. The van der Waals surface area contributed by atoms with E-state index in [0.717, 1.165) is 10.9 Å². The number of hydrogen-bond acceptors (Lipinski definition) is 4. The largest absolute Gasteiger partial charge is 0.545 e. The van der Waals surface area contributed by atoms with Gasteiger partial charge in [-0.2, -0.15) is 0 Å². The number of aromatic nitrogens is 1. The number of nitrogens with zero attached hydrogens (tertiary/aromatic N) is 1. The van der Waals surface area contributed by atoms with Crippen molar-refractivity contribution in [1.29, 1.82) is 0 Å². The van der Waals surface area contributed by atoms with Crippen LogP contribution in [0, 0.1) is 0 Å². The molecule has 0 unspecified atom stereocenters. The summed E-state index contributed by atoms with van der Waals surface area (Å²) in [6.07, 6.45) is 1.04. The summed E-state index contributed by atoms with van der Waals surface area (Å²) >= 11 is 0. The predicted octanol–water partition coefficient (Wildman–Crippen LogP) is -0.545. The molecule has 0 aliphatic carbocycles. The summed E-state index contributed by atoms with van der Waals surface area (Å²) in [6.45, 7) is 1.22. The van der Waals surface area contributed by atoms with Gasteiger partial charge >= 0.3 is 0 Å². The van der Waals surface area contributed by atoms with Crippen LogP contribution in [0.25, 0.3) is 10.8 Å². The number of fused-ring (bicyclic) bond motifs is 1. The zero-order valence-electron chi connectivity index (χ0n) is 9.47. The normalized spacial score (nSPS) is 10.3. The molecular formula is C12H9N2O4-. The molecule has 6 heteroatoms. The fourth-order valence-corrected chi connectivity index (χ4v) is 1.71. The van der Waals surface area contributed by atoms with Crippen molar-refractivity contribution in [2.45, 2.75) is 6.92 Å². The number of hydrogen-bond donors (Lipinski definition) is 1. The molecule has 92 valence electrons. The van der Waals surface area contributed by atoms with Crippen LogP contribution in [0.2, 0.25) is 0 Å². The Morgan fingerprint density at radius 1 is 1.22 bits per heavy atom. The molecule has 0 fully saturated rings. The zero-order valence-corrected chi connectivity index (χ0v) is 9.47. The molecule has 1 aromatic carbocycles. The second-order valence-electron chi connectivity index (χ2n) is 3.72. The van der Waals surface area contributed by atoms with E-state index in [0.29, 0.717) is 0 Å². The van der Waals surface area contributed by atoms with E-state index in [-0.39, 0.29) is 16.3 Å². The maximum Gasteiger partial charge on any atom is 0.277 e. The van der Waals surface area contributed by atoms with Gasteiger partial charge in [0.1, 0.15) is 0 Å². The smallest absolute Gasteiger partial charge is 0.277 e. The third kappa shape index (κ3) is 1.95. The Kier molecular flexibility index (Phi) is 2.85. The maximum atomic E-state index is 12.0. The average Bonchev–Trinajstić information content (AvgIpc) is 2.32. The van der Waals surface area contributed by atoms with Gasteiger partial charge in [0, 0.05) is 24.1 Å². The second kappa shape index (κ2) is 4.33. The summed E-state index contributed by atoms with van der Waals surface area (Å²) < 4.78 is 0.843. The van der Waals surface area contributed by atoms with Gasteiger partial charge < -0.3 is 9.90 Å². The minimum Gasteiger partial charge on any atom is -0.545 e. The molecule has 0 saturated carbocycles. The average molecular weight is 245 g/mol. The first-order chi connectivity index (χ1) is 8.50. The molecule has 0 aliphatic heterocycles. The first-order valence-corrected chi connectivity index (χ1v) is 5.14. The molecule has 1 heterocycles. The highest BCUT2D eigenvalue weighted by molar-refractivity contribution is 6.02. The van der Waals surface area contributed by atoms with Gasteiger partial charge in [0.05, 0.1) is 5.97 Å². The standard InChI is InChI=1S/C12H10N2O4/c1-7(15)13-14-6-10(12(17)18)8-4-2-3-5-9(8)11(14)16/h2-6H,1H3,(H,13,15)(H,17,18)/p-1. The Hall–Kier alpha value is -2.63. The van der Waals surface area contributed by atoms with Crippen molar-refractivity contribution < 1.29 is 14.7 Å². The second-order valence-corrected chi connectivity index (χ2v) is 3.72. The van der Waals surface area contributed by atoms with Crippen molar-refractivity contribution in [2.24, 2.45) is 0 Å². The minimum atomic E-state index is -1.41. The summed E-state index contributed by atoms with van der Waals surface area (Å²) in [5, 5.41) is 11.5. The molecule has 0 radical (unpaired) electrons. The number of nitrogens with one attached hydrogen (secondary N) is 1. The van der Waals surface area contributed by atoms with Crippen molar-refractivity contribution in [3.8, 4) is 0 Å². The van der Waals surface area contributed by atoms with Crippen molar-refractivity contribution >= 4 is 22.6 Å². The van der Waals surface area contributed by atoms with E-state index in [1.807, 2.05) is 0 Å². The lowest BCUT2D eigenvalue weighted by molar-refractivity contribution is -0.254. The van der Waals surface area contributed by atoms with Gasteiger partial charge in [-0.1, -0.05) is 18.2 Å². The number of carboxylic acids is 1. The quantitative estimate of drug-likeness (QED) is 0.768. The summed E-state index contributed by atoms with van der Waals surface area (Å²) in [7, 11) is 0. The molecule has 18 heavy (non-hydrogen) atoms. The highest BCUT2D eigenvalue weighted by atomic mass is 16.4. The number of aromatic carboxylic acids is 1. The first kappa shape index (κ1) is 11.8. The van der Waals surface area contributed by atoms with Gasteiger partial charge in [-0.05, 0) is 11.5 Å². The van der Waals surface area contributed by atoms with Crippen LogP contribution in [0.5, 0.6) is 0 Å². The van der Waals surface area contributed by atoms with Gasteiger partial charge in [0.25, 0.3) is 5.56 Å². The van der Waals surface area contributed by atoms with Crippen LogP contribution in [-0.4, -0.2) is 16.6 Å². The molecule has 1 N–H and O–H groups in total. The molecule has 0 atom stereocenters. The molecule has 0 aliphatic rings. The van der Waals surface area contributed by atoms with Crippen LogP contribution >= 0.6 is 0 Å². The van der Waals surface area contributed by atoms with Gasteiger partial charge in [-0.25, -0.2) is 4.68 Å². The molecule has 0 saturated heterocycles. The number of benzene rings is 1. The van der Waals surface area contributed by atoms with Crippen LogP contribution < -0.4 is 16.1 Å². The fraction of sp³-hybridized carbons (Fsp3) is 0.0833. The molecule has 1 aromatic heterocycles. The van der Waals surface area contributed by atoms with E-state index < -0.39 is 17.4 Å². The predicted molar refractivity (Wildman–Crippen MR) is 62.6 cm³/mol. The summed E-state index contributed by atoms with van der Waals surface area (Å²) in [5.41, 5.74) is 1.59. The van der Waals surface area contributed by atoms with E-state index in [1.165, 1.54) is 19.1 Å². The van der Waals surface area contributed by atoms with Crippen LogP contribution in [0.3, 0.4) is 0 Å². The molecule has 0 bridgehead atoms. The number of amides is 1. The van der Waals surface area contributed by atoms with Crippen LogP contribution in [0.15, 0.2) is 35.3 Å². The minimum absolute atomic E-state index is 0.154. The lowest BCUT2D eigenvalue weighted by Gasteiger charge is -2.12. The Labute approximate surface area is 101 Å². The third-order valence-electron chi connectivity index (χ3n) is 2.42. The van der Waals surface area contributed by atoms with E-state index in [9.17, 15) is 19.5 Å². The Balaban J connectivity index is 2.83. The van der Waals surface area contributed by atoms with Crippen LogP contribution in [0.4, 0.5) is 0 Å². The molecule has 2 aromatic rings. The van der Waals surface area contributed by atoms with Crippen LogP contribution in [0.1, 0.15) is 17.3 Å². The van der Waals surface area contributed by atoms with E-state index in [4.69, 9.17) is 0 Å². The number of carbonyl (C=O) groups is 2. The molecule has 6 nitrogen and oxygen atoms in total. The van der Waals surface area contributed by atoms with E-state index >= 15 is 0 Å². The summed E-state index contributed by atoms with van der Waals surface area (Å²) in [4.78, 5) is 33.9. The molecule has 0 spiro atoms. The fourth-order valence-electron chi connectivity index (χ4n) is 1.71. The first-order valence-electron chi connectivity index (χ1n) is 5.14. The van der Waals surface area contributed by atoms with Crippen molar-refractivity contribution in [3.05, 3.63) is 46.4 Å². The van der Waals surface area contributed by atoms with Crippen molar-refractivity contribution in [1.82, 2.24) is 4.68 Å². The highest BCUT2D eigenvalue weighted by Crippen LogP contribution is 2.14. The molecule has 1 amide bonds. The third-order valence-corrected chi connectivity index (χ3v) is 2.42. The van der Waals surface area contributed by atoms with Crippen LogP contribution in [-0.2, 0) is 4.79 Å². The van der Waals surface area contributed by atoms with Gasteiger partial charge in [0.2, 0.25) is 5.91 Å². The topological polar surface area (TPSA) is 91.2 Å². The SMILES string of the molecule is CC(=O)Nn1cc(C(=O)[O-])c2ccccc2c1=O. The monoisotopic (exact) mass is 245 g/mol. The van der Waals surface area contributed by atoms with Crippen molar-refractivity contribution in [2.75, 3.05) is 5.43 Å². The Morgan fingerprint density at radius 3 is 2.39 bits per heavy atom.